The van der Waals surface area contributed by atoms with Gasteiger partial charge in [0.1, 0.15) is 0 Å². The quantitative estimate of drug-likeness (QED) is 0.604. The maximum absolute atomic E-state index is 5.55. The molecule has 0 unspecified atom stereocenters. The van der Waals surface area contributed by atoms with E-state index in [1.807, 2.05) is 11.9 Å². The first-order chi connectivity index (χ1) is 7.66. The molecule has 1 aromatic rings. The summed E-state index contributed by atoms with van der Waals surface area (Å²) in [5.74, 6) is 0.892. The van der Waals surface area contributed by atoms with Gasteiger partial charge >= 0.3 is 0 Å². The number of nitrogens with one attached hydrogen (secondary N) is 1. The van der Waals surface area contributed by atoms with Gasteiger partial charge in [0.25, 0.3) is 0 Å². The maximum Gasteiger partial charge on any atom is 0.231 e. The molecule has 1 aromatic heterocycles. The Kier molecular flexibility index (Phi) is 3.04. The first-order valence-electron chi connectivity index (χ1n) is 5.37. The lowest BCUT2D eigenvalue weighted by Crippen LogP contribution is -2.42. The highest BCUT2D eigenvalue weighted by molar-refractivity contribution is 5.39. The topological polar surface area (TPSA) is 106 Å². The van der Waals surface area contributed by atoms with Gasteiger partial charge in [0.15, 0.2) is 0 Å². The fourth-order valence-electron chi connectivity index (χ4n) is 1.91. The lowest BCUT2D eigenvalue weighted by molar-refractivity contribution is 0.439. The number of hydrogen-bond acceptors (Lipinski definition) is 7. The molecule has 2 heterocycles. The van der Waals surface area contributed by atoms with Crippen molar-refractivity contribution in [1.82, 2.24) is 20.3 Å². The predicted molar refractivity (Wildman–Crippen MR) is 62.9 cm³/mol. The molecule has 5 N–H and O–H groups in total. The largest absolute Gasteiger partial charge is 0.368 e. The van der Waals surface area contributed by atoms with Crippen LogP contribution in [-0.2, 0) is 0 Å². The monoisotopic (exact) mass is 223 g/mol. The minimum Gasteiger partial charge on any atom is -0.368 e. The molecule has 0 aromatic carbocycles. The van der Waals surface area contributed by atoms with Gasteiger partial charge in [-0.25, -0.2) is 0 Å². The average molecular weight is 223 g/mol. The van der Waals surface area contributed by atoms with Crippen molar-refractivity contribution < 1.29 is 0 Å². The average Bonchev–Trinajstić information content (AvgIpc) is 2.28. The second kappa shape index (κ2) is 4.48. The molecular weight excluding hydrogens is 206 g/mol. The molecule has 16 heavy (non-hydrogen) atoms. The standard InChI is InChI=1S/C9H17N7/c1-16(6-2-4-12-5-3-6)9-14-7(10)13-8(11)15-9/h6,12H,2-5H2,1H3,(H4,10,11,13,14,15). The van der Waals surface area contributed by atoms with Crippen LogP contribution in [0.1, 0.15) is 12.8 Å². The summed E-state index contributed by atoms with van der Waals surface area (Å²) in [5, 5.41) is 3.31. The summed E-state index contributed by atoms with van der Waals surface area (Å²) >= 11 is 0. The third-order valence-corrected chi connectivity index (χ3v) is 2.83. The van der Waals surface area contributed by atoms with Crippen molar-refractivity contribution in [3.8, 4) is 0 Å². The number of nitrogens with two attached hydrogens (primary N) is 2. The third kappa shape index (κ3) is 2.30. The summed E-state index contributed by atoms with van der Waals surface area (Å²) < 4.78 is 0. The van der Waals surface area contributed by atoms with Gasteiger partial charge in [-0.15, -0.1) is 0 Å². The fraction of sp³-hybridized carbons (Fsp3) is 0.667. The van der Waals surface area contributed by atoms with Crippen LogP contribution in [0, 0.1) is 0 Å². The van der Waals surface area contributed by atoms with E-state index in [9.17, 15) is 0 Å². The highest BCUT2D eigenvalue weighted by Crippen LogP contribution is 2.16. The molecule has 0 bridgehead atoms. The highest BCUT2D eigenvalue weighted by atomic mass is 15.3. The molecule has 1 fully saturated rings. The molecule has 0 aliphatic carbocycles. The summed E-state index contributed by atoms with van der Waals surface area (Å²) in [7, 11) is 1.96. The number of piperidine rings is 1. The second-order valence-corrected chi connectivity index (χ2v) is 3.94. The van der Waals surface area contributed by atoms with E-state index in [4.69, 9.17) is 11.5 Å². The minimum atomic E-state index is 0.170. The predicted octanol–water partition coefficient (Wildman–Crippen LogP) is -0.776. The number of aromatic nitrogens is 3. The van der Waals surface area contributed by atoms with Crippen LogP contribution in [0.5, 0.6) is 0 Å². The van der Waals surface area contributed by atoms with Gasteiger partial charge < -0.3 is 21.7 Å². The van der Waals surface area contributed by atoms with Crippen molar-refractivity contribution in [2.24, 2.45) is 0 Å². The molecule has 7 nitrogen and oxygen atoms in total. The van der Waals surface area contributed by atoms with Crippen molar-refractivity contribution in [2.45, 2.75) is 18.9 Å². The first kappa shape index (κ1) is 10.9. The molecule has 0 atom stereocenters. The molecule has 0 radical (unpaired) electrons. The fourth-order valence-corrected chi connectivity index (χ4v) is 1.91. The summed E-state index contributed by atoms with van der Waals surface area (Å²) in [6.45, 7) is 2.04. The Labute approximate surface area is 94.3 Å². The molecule has 7 heteroatoms. The third-order valence-electron chi connectivity index (χ3n) is 2.83. The molecule has 1 aliphatic rings. The van der Waals surface area contributed by atoms with E-state index >= 15 is 0 Å². The van der Waals surface area contributed by atoms with Crippen molar-refractivity contribution in [1.29, 1.82) is 0 Å². The van der Waals surface area contributed by atoms with Gasteiger partial charge in [-0.1, -0.05) is 0 Å². The van der Waals surface area contributed by atoms with Crippen LogP contribution in [0.25, 0.3) is 0 Å². The zero-order valence-electron chi connectivity index (χ0n) is 9.35. The molecular formula is C9H17N7. The van der Waals surface area contributed by atoms with Gasteiger partial charge in [-0.2, -0.15) is 15.0 Å². The zero-order chi connectivity index (χ0) is 11.5. The van der Waals surface area contributed by atoms with Crippen LogP contribution >= 0.6 is 0 Å². The molecule has 1 saturated heterocycles. The number of anilines is 3. The minimum absolute atomic E-state index is 0.170. The lowest BCUT2D eigenvalue weighted by atomic mass is 10.1. The Morgan fingerprint density at radius 3 is 2.25 bits per heavy atom. The van der Waals surface area contributed by atoms with E-state index in [-0.39, 0.29) is 11.9 Å². The van der Waals surface area contributed by atoms with Gasteiger partial charge in [-0.3, -0.25) is 0 Å². The van der Waals surface area contributed by atoms with Crippen LogP contribution < -0.4 is 21.7 Å². The lowest BCUT2D eigenvalue weighted by Gasteiger charge is -2.31. The summed E-state index contributed by atoms with van der Waals surface area (Å²) in [5.41, 5.74) is 11.1. The van der Waals surface area contributed by atoms with E-state index in [1.165, 1.54) is 0 Å². The smallest absolute Gasteiger partial charge is 0.231 e. The molecule has 0 saturated carbocycles. The zero-order valence-corrected chi connectivity index (χ0v) is 9.35. The van der Waals surface area contributed by atoms with Crippen molar-refractivity contribution in [2.75, 3.05) is 36.5 Å². The Bertz CT molecular complexity index is 341. The summed E-state index contributed by atoms with van der Waals surface area (Å²) in [6.07, 6.45) is 2.14. The van der Waals surface area contributed by atoms with Crippen LogP contribution in [0.4, 0.5) is 17.8 Å². The molecule has 1 aliphatic heterocycles. The Morgan fingerprint density at radius 1 is 1.12 bits per heavy atom. The van der Waals surface area contributed by atoms with E-state index in [2.05, 4.69) is 20.3 Å². The van der Waals surface area contributed by atoms with Crippen LogP contribution in [-0.4, -0.2) is 41.1 Å². The van der Waals surface area contributed by atoms with Gasteiger partial charge in [0.05, 0.1) is 0 Å². The van der Waals surface area contributed by atoms with Crippen LogP contribution in [0.2, 0.25) is 0 Å². The molecule has 88 valence electrons. The Balaban J connectivity index is 2.15. The maximum atomic E-state index is 5.55. The van der Waals surface area contributed by atoms with Crippen molar-refractivity contribution >= 4 is 17.8 Å². The van der Waals surface area contributed by atoms with Crippen molar-refractivity contribution in [3.05, 3.63) is 0 Å². The Hall–Kier alpha value is -1.63. The van der Waals surface area contributed by atoms with E-state index in [0.717, 1.165) is 25.9 Å². The molecule has 0 spiro atoms. The highest BCUT2D eigenvalue weighted by Gasteiger charge is 2.20. The molecule has 2 rings (SSSR count). The van der Waals surface area contributed by atoms with Gasteiger partial charge in [0.2, 0.25) is 17.8 Å². The summed E-state index contributed by atoms with van der Waals surface area (Å²) in [4.78, 5) is 14.0. The SMILES string of the molecule is CN(c1nc(N)nc(N)n1)C1CCNCC1. The number of nitrogens with zero attached hydrogens (tertiary/aromatic N) is 4. The Morgan fingerprint density at radius 2 is 1.69 bits per heavy atom. The molecule has 0 amide bonds. The van der Waals surface area contributed by atoms with E-state index in [1.54, 1.807) is 0 Å². The number of rotatable bonds is 2. The van der Waals surface area contributed by atoms with Crippen LogP contribution in [0.3, 0.4) is 0 Å². The first-order valence-corrected chi connectivity index (χ1v) is 5.37. The van der Waals surface area contributed by atoms with Gasteiger partial charge in [-0.05, 0) is 25.9 Å². The van der Waals surface area contributed by atoms with E-state index in [0.29, 0.717) is 12.0 Å². The van der Waals surface area contributed by atoms with Crippen LogP contribution in [0.15, 0.2) is 0 Å². The number of nitrogen functional groups attached to an aromatic ring is 2. The second-order valence-electron chi connectivity index (χ2n) is 3.94. The number of hydrogen-bond donors (Lipinski definition) is 3. The van der Waals surface area contributed by atoms with Gasteiger partial charge in [0, 0.05) is 13.1 Å². The summed E-state index contributed by atoms with van der Waals surface area (Å²) in [6, 6.07) is 0.433. The van der Waals surface area contributed by atoms with E-state index < -0.39 is 0 Å². The van der Waals surface area contributed by atoms with Crippen molar-refractivity contribution in [3.63, 3.8) is 0 Å². The normalized spacial score (nSPS) is 17.3.